The summed E-state index contributed by atoms with van der Waals surface area (Å²) in [6.07, 6.45) is 0.620. The number of nitrogens with zero attached hydrogens (tertiary/aromatic N) is 4. The first-order valence-electron chi connectivity index (χ1n) is 11.8. The Morgan fingerprint density at radius 3 is 2.18 bits per heavy atom. The molecule has 0 bridgehead atoms. The topological polar surface area (TPSA) is 75.5 Å². The Hall–Kier alpha value is -3.13. The van der Waals surface area contributed by atoms with E-state index in [1.54, 1.807) is 0 Å². The Morgan fingerprint density at radius 2 is 1.56 bits per heavy atom. The Labute approximate surface area is 200 Å². The van der Waals surface area contributed by atoms with E-state index in [4.69, 9.17) is 5.10 Å². The van der Waals surface area contributed by atoms with Crippen molar-refractivity contribution in [3.05, 3.63) is 71.5 Å². The van der Waals surface area contributed by atoms with Crippen LogP contribution in [-0.2, 0) is 9.84 Å². The molecule has 2 saturated heterocycles. The van der Waals surface area contributed by atoms with Gasteiger partial charge in [0.25, 0.3) is 5.91 Å². The van der Waals surface area contributed by atoms with Gasteiger partial charge in [-0.2, -0.15) is 5.10 Å². The van der Waals surface area contributed by atoms with Crippen molar-refractivity contribution in [2.45, 2.75) is 26.3 Å². The first-order chi connectivity index (χ1) is 16.3. The summed E-state index contributed by atoms with van der Waals surface area (Å²) in [5, 5.41) is 4.70. The molecule has 0 aliphatic carbocycles. The number of amides is 1. The van der Waals surface area contributed by atoms with Gasteiger partial charge in [-0.3, -0.25) is 9.48 Å². The number of carbonyl (C=O) groups is 1. The molecule has 34 heavy (non-hydrogen) atoms. The molecule has 0 radical (unpaired) electrons. The lowest BCUT2D eigenvalue weighted by Crippen LogP contribution is -2.49. The summed E-state index contributed by atoms with van der Waals surface area (Å²) in [5.74, 6) is 0.456. The number of benzene rings is 2. The summed E-state index contributed by atoms with van der Waals surface area (Å²) < 4.78 is 25.8. The van der Waals surface area contributed by atoms with Crippen LogP contribution in [0.25, 0.3) is 11.1 Å². The molecule has 2 fully saturated rings. The average Bonchev–Trinajstić information content (AvgIpc) is 3.36. The molecule has 0 spiro atoms. The molecule has 3 aromatic rings. The molecule has 1 unspecified atom stereocenters. The number of rotatable bonds is 4. The van der Waals surface area contributed by atoms with Crippen LogP contribution in [0.2, 0.25) is 0 Å². The van der Waals surface area contributed by atoms with Crippen LogP contribution in [0.15, 0.2) is 54.6 Å². The van der Waals surface area contributed by atoms with Crippen LogP contribution >= 0.6 is 0 Å². The van der Waals surface area contributed by atoms with Crippen molar-refractivity contribution in [3.63, 3.8) is 0 Å². The number of anilines is 1. The fraction of sp³-hybridized carbons (Fsp3) is 0.385. The van der Waals surface area contributed by atoms with Crippen LogP contribution in [0.4, 0.5) is 5.69 Å². The van der Waals surface area contributed by atoms with Crippen molar-refractivity contribution in [1.29, 1.82) is 0 Å². The highest BCUT2D eigenvalue weighted by atomic mass is 32.2. The SMILES string of the molecule is Cc1nn(C2CCS(=O)(=O)C2)c(C)c1N1CCN(C(=O)c2ccc(-c3ccccc3)cc2)CC1. The van der Waals surface area contributed by atoms with Gasteiger partial charge in [-0.05, 0) is 43.5 Å². The monoisotopic (exact) mass is 478 g/mol. The Kier molecular flexibility index (Phi) is 5.93. The molecule has 1 atom stereocenters. The van der Waals surface area contributed by atoms with Gasteiger partial charge in [0.05, 0.1) is 34.6 Å². The second kappa shape index (κ2) is 8.91. The van der Waals surface area contributed by atoms with Crippen LogP contribution in [-0.4, -0.2) is 66.7 Å². The Morgan fingerprint density at radius 1 is 0.912 bits per heavy atom. The molecule has 3 heterocycles. The van der Waals surface area contributed by atoms with E-state index >= 15 is 0 Å². The molecule has 7 nitrogen and oxygen atoms in total. The smallest absolute Gasteiger partial charge is 0.253 e. The van der Waals surface area contributed by atoms with Crippen molar-refractivity contribution in [1.82, 2.24) is 14.7 Å². The molecule has 0 N–H and O–H groups in total. The van der Waals surface area contributed by atoms with Gasteiger partial charge in [-0.1, -0.05) is 42.5 Å². The summed E-state index contributed by atoms with van der Waals surface area (Å²) in [4.78, 5) is 17.3. The molecule has 8 heteroatoms. The van der Waals surface area contributed by atoms with Crippen molar-refractivity contribution >= 4 is 21.4 Å². The predicted molar refractivity (Wildman–Crippen MR) is 134 cm³/mol. The molecule has 2 aliphatic heterocycles. The largest absolute Gasteiger partial charge is 0.365 e. The van der Waals surface area contributed by atoms with E-state index in [0.717, 1.165) is 41.3 Å². The highest BCUT2D eigenvalue weighted by Crippen LogP contribution is 2.32. The standard InChI is InChI=1S/C26H30N4O3S/c1-19-25(20(2)30(27-19)24-12-17-34(32,33)18-24)28-13-15-29(16-14-28)26(31)23-10-8-22(9-11-23)21-6-4-3-5-7-21/h3-11,24H,12-18H2,1-2H3. The van der Waals surface area contributed by atoms with E-state index in [9.17, 15) is 13.2 Å². The van der Waals surface area contributed by atoms with E-state index < -0.39 is 9.84 Å². The van der Waals surface area contributed by atoms with Crippen LogP contribution in [0.1, 0.15) is 34.2 Å². The van der Waals surface area contributed by atoms with Crippen LogP contribution in [0, 0.1) is 13.8 Å². The van der Waals surface area contributed by atoms with Gasteiger partial charge in [0.1, 0.15) is 0 Å². The van der Waals surface area contributed by atoms with E-state index in [1.807, 2.05) is 65.9 Å². The molecular weight excluding hydrogens is 448 g/mol. The number of hydrogen-bond acceptors (Lipinski definition) is 5. The average molecular weight is 479 g/mol. The lowest BCUT2D eigenvalue weighted by molar-refractivity contribution is 0.0747. The van der Waals surface area contributed by atoms with E-state index in [0.29, 0.717) is 25.1 Å². The van der Waals surface area contributed by atoms with E-state index in [-0.39, 0.29) is 23.5 Å². The number of aryl methyl sites for hydroxylation is 1. The van der Waals surface area contributed by atoms with Crippen molar-refractivity contribution in [2.75, 3.05) is 42.6 Å². The van der Waals surface area contributed by atoms with Gasteiger partial charge in [0, 0.05) is 31.7 Å². The summed E-state index contributed by atoms with van der Waals surface area (Å²) in [6, 6.07) is 17.9. The third-order valence-electron chi connectivity index (χ3n) is 6.96. The molecule has 1 amide bonds. The van der Waals surface area contributed by atoms with Crippen molar-refractivity contribution in [3.8, 4) is 11.1 Å². The lowest BCUT2D eigenvalue weighted by atomic mass is 10.0. The third kappa shape index (κ3) is 4.34. The van der Waals surface area contributed by atoms with Gasteiger partial charge in [-0.15, -0.1) is 0 Å². The van der Waals surface area contributed by atoms with Gasteiger partial charge in [0.2, 0.25) is 0 Å². The van der Waals surface area contributed by atoms with Crippen LogP contribution < -0.4 is 4.90 Å². The van der Waals surface area contributed by atoms with Crippen LogP contribution in [0.3, 0.4) is 0 Å². The lowest BCUT2D eigenvalue weighted by Gasteiger charge is -2.36. The minimum atomic E-state index is -2.97. The first-order valence-corrected chi connectivity index (χ1v) is 13.6. The summed E-state index contributed by atoms with van der Waals surface area (Å²) >= 11 is 0. The fourth-order valence-electron chi connectivity index (χ4n) is 5.19. The normalized spacial score (nSPS) is 20.0. The number of hydrogen-bond donors (Lipinski definition) is 0. The second-order valence-electron chi connectivity index (χ2n) is 9.24. The van der Waals surface area contributed by atoms with Crippen molar-refractivity contribution < 1.29 is 13.2 Å². The maximum Gasteiger partial charge on any atom is 0.253 e. The zero-order valence-corrected chi connectivity index (χ0v) is 20.5. The van der Waals surface area contributed by atoms with E-state index in [1.165, 1.54) is 0 Å². The van der Waals surface area contributed by atoms with E-state index in [2.05, 4.69) is 17.0 Å². The fourth-order valence-corrected chi connectivity index (χ4v) is 6.88. The number of piperazine rings is 1. The highest BCUT2D eigenvalue weighted by Gasteiger charge is 2.33. The zero-order valence-electron chi connectivity index (χ0n) is 19.6. The van der Waals surface area contributed by atoms with Gasteiger partial charge in [-0.25, -0.2) is 8.42 Å². The molecular formula is C26H30N4O3S. The predicted octanol–water partition coefficient (Wildman–Crippen LogP) is 3.49. The minimum Gasteiger partial charge on any atom is -0.365 e. The Bertz CT molecular complexity index is 1290. The zero-order chi connectivity index (χ0) is 23.9. The minimum absolute atomic E-state index is 0.0552. The molecule has 5 rings (SSSR count). The van der Waals surface area contributed by atoms with Gasteiger partial charge >= 0.3 is 0 Å². The molecule has 2 aromatic carbocycles. The maximum absolute atomic E-state index is 13.1. The molecule has 2 aliphatic rings. The number of carbonyl (C=O) groups excluding carboxylic acids is 1. The summed E-state index contributed by atoms with van der Waals surface area (Å²) in [6.45, 7) is 6.73. The first kappa shape index (κ1) is 22.7. The Balaban J connectivity index is 1.25. The van der Waals surface area contributed by atoms with Crippen molar-refractivity contribution in [2.24, 2.45) is 0 Å². The quantitative estimate of drug-likeness (QED) is 0.574. The molecule has 178 valence electrons. The second-order valence-corrected chi connectivity index (χ2v) is 11.5. The molecule has 0 saturated carbocycles. The number of aromatic nitrogens is 2. The highest BCUT2D eigenvalue weighted by molar-refractivity contribution is 7.91. The maximum atomic E-state index is 13.1. The summed E-state index contributed by atoms with van der Waals surface area (Å²) in [7, 11) is -2.97. The van der Waals surface area contributed by atoms with Gasteiger partial charge in [0.15, 0.2) is 9.84 Å². The summed E-state index contributed by atoms with van der Waals surface area (Å²) in [5.41, 5.74) is 5.94. The number of sulfone groups is 1. The molecule has 1 aromatic heterocycles. The third-order valence-corrected chi connectivity index (χ3v) is 8.71. The van der Waals surface area contributed by atoms with Crippen LogP contribution in [0.5, 0.6) is 0 Å². The van der Waals surface area contributed by atoms with Gasteiger partial charge < -0.3 is 9.80 Å².